The average molecular weight is 180 g/mol. The van der Waals surface area contributed by atoms with Crippen molar-refractivity contribution in [1.29, 1.82) is 0 Å². The van der Waals surface area contributed by atoms with E-state index in [0.717, 1.165) is 11.5 Å². The lowest BCUT2D eigenvalue weighted by Gasteiger charge is -2.10. The quantitative estimate of drug-likeness (QED) is 0.649. The average Bonchev–Trinajstić information content (AvgIpc) is 2.79. The molecule has 2 rings (SSSR count). The number of hydrogen-bond acceptors (Lipinski definition) is 2. The predicted molar refractivity (Wildman–Crippen MR) is 52.0 cm³/mol. The van der Waals surface area contributed by atoms with Crippen molar-refractivity contribution in [3.8, 4) is 0 Å². The zero-order chi connectivity index (χ0) is 8.72. The molecule has 0 aromatic heterocycles. The number of carbonyl (C=O) groups is 1. The molecule has 2 unspecified atom stereocenters. The summed E-state index contributed by atoms with van der Waals surface area (Å²) in [5, 5.41) is 0. The van der Waals surface area contributed by atoms with Gasteiger partial charge in [-0.25, -0.2) is 0 Å². The maximum absolute atomic E-state index is 11.2. The third-order valence-electron chi connectivity index (χ3n) is 2.50. The maximum Gasteiger partial charge on any atom is 0.160 e. The van der Waals surface area contributed by atoms with Crippen LogP contribution in [0.4, 0.5) is 0 Å². The van der Waals surface area contributed by atoms with Crippen molar-refractivity contribution in [2.75, 3.05) is 6.26 Å². The highest BCUT2D eigenvalue weighted by molar-refractivity contribution is 8.02. The van der Waals surface area contributed by atoms with Crippen LogP contribution in [0, 0.1) is 11.8 Å². The molecule has 64 valence electrons. The third-order valence-corrected chi connectivity index (χ3v) is 3.30. The molecule has 0 spiro atoms. The van der Waals surface area contributed by atoms with Gasteiger partial charge >= 0.3 is 0 Å². The Balaban J connectivity index is 2.29. The van der Waals surface area contributed by atoms with Crippen molar-refractivity contribution in [2.45, 2.75) is 13.3 Å². The summed E-state index contributed by atoms with van der Waals surface area (Å²) >= 11 is 1.68. The molecule has 0 N–H and O–H groups in total. The molecule has 12 heavy (non-hydrogen) atoms. The van der Waals surface area contributed by atoms with E-state index in [2.05, 4.69) is 12.2 Å². The molecule has 1 fully saturated rings. The highest BCUT2D eigenvalue weighted by Crippen LogP contribution is 2.48. The summed E-state index contributed by atoms with van der Waals surface area (Å²) in [6, 6.07) is 0. The van der Waals surface area contributed by atoms with Gasteiger partial charge in [0.1, 0.15) is 0 Å². The van der Waals surface area contributed by atoms with Crippen LogP contribution in [-0.4, -0.2) is 12.0 Å². The van der Waals surface area contributed by atoms with E-state index < -0.39 is 0 Å². The minimum atomic E-state index is 0.209. The van der Waals surface area contributed by atoms with Gasteiger partial charge in [0.2, 0.25) is 0 Å². The van der Waals surface area contributed by atoms with Gasteiger partial charge in [0.05, 0.1) is 0 Å². The lowest BCUT2D eigenvalue weighted by Crippen LogP contribution is -2.02. The van der Waals surface area contributed by atoms with E-state index in [1.807, 2.05) is 6.26 Å². The largest absolute Gasteiger partial charge is 0.294 e. The Morgan fingerprint density at radius 2 is 2.17 bits per heavy atom. The highest BCUT2D eigenvalue weighted by atomic mass is 32.2. The first-order chi connectivity index (χ1) is 5.72. The third kappa shape index (κ3) is 1.24. The molecule has 1 nitrogen and oxygen atoms in total. The van der Waals surface area contributed by atoms with Crippen molar-refractivity contribution >= 4 is 17.5 Å². The van der Waals surface area contributed by atoms with Crippen molar-refractivity contribution in [1.82, 2.24) is 0 Å². The highest BCUT2D eigenvalue weighted by Gasteiger charge is 2.37. The second-order valence-corrected chi connectivity index (χ2v) is 4.28. The van der Waals surface area contributed by atoms with E-state index in [1.165, 1.54) is 11.3 Å². The van der Waals surface area contributed by atoms with Crippen LogP contribution in [0.2, 0.25) is 0 Å². The summed E-state index contributed by atoms with van der Waals surface area (Å²) in [7, 11) is 0. The fourth-order valence-electron chi connectivity index (χ4n) is 1.67. The minimum Gasteiger partial charge on any atom is -0.294 e. The van der Waals surface area contributed by atoms with E-state index in [1.54, 1.807) is 18.7 Å². The van der Waals surface area contributed by atoms with Crippen LogP contribution in [0.5, 0.6) is 0 Å². The van der Waals surface area contributed by atoms with Crippen LogP contribution >= 0.6 is 11.8 Å². The van der Waals surface area contributed by atoms with E-state index >= 15 is 0 Å². The number of thioether (sulfide) groups is 1. The summed E-state index contributed by atoms with van der Waals surface area (Å²) in [5.74, 6) is 1.64. The summed E-state index contributed by atoms with van der Waals surface area (Å²) in [6.07, 6.45) is 7.69. The van der Waals surface area contributed by atoms with Crippen LogP contribution in [0.1, 0.15) is 13.3 Å². The number of Topliss-reactive ketones (excluding diaryl/α,β-unsaturated/α-hetero) is 1. The summed E-state index contributed by atoms with van der Waals surface area (Å²) in [5.41, 5.74) is 0.946. The molecular weight excluding hydrogens is 168 g/mol. The smallest absolute Gasteiger partial charge is 0.160 e. The zero-order valence-corrected chi connectivity index (χ0v) is 8.15. The maximum atomic E-state index is 11.2. The van der Waals surface area contributed by atoms with Crippen LogP contribution in [0.3, 0.4) is 0 Å². The fraction of sp³-hybridized carbons (Fsp3) is 0.500. The lowest BCUT2D eigenvalue weighted by atomic mass is 10.0. The first-order valence-corrected chi connectivity index (χ1v) is 5.44. The second-order valence-electron chi connectivity index (χ2n) is 3.43. The Kier molecular flexibility index (Phi) is 1.87. The molecule has 2 aliphatic carbocycles. The Morgan fingerprint density at radius 3 is 2.75 bits per heavy atom. The van der Waals surface area contributed by atoms with Crippen LogP contribution in [0.25, 0.3) is 0 Å². The van der Waals surface area contributed by atoms with Crippen LogP contribution in [0.15, 0.2) is 22.6 Å². The topological polar surface area (TPSA) is 17.1 Å². The predicted octanol–water partition coefficient (Wildman–Crippen LogP) is 2.40. The second kappa shape index (κ2) is 2.77. The number of ketones is 1. The number of allylic oxidation sites excluding steroid dienone is 3. The molecule has 0 bridgehead atoms. The first kappa shape index (κ1) is 8.11. The van der Waals surface area contributed by atoms with E-state index in [-0.39, 0.29) is 5.78 Å². The van der Waals surface area contributed by atoms with Crippen molar-refractivity contribution in [2.24, 2.45) is 11.8 Å². The summed E-state index contributed by atoms with van der Waals surface area (Å²) < 4.78 is 0. The molecule has 0 heterocycles. The van der Waals surface area contributed by atoms with Gasteiger partial charge < -0.3 is 0 Å². The first-order valence-electron chi connectivity index (χ1n) is 4.21. The van der Waals surface area contributed by atoms with Crippen molar-refractivity contribution in [3.05, 3.63) is 22.6 Å². The van der Waals surface area contributed by atoms with Crippen LogP contribution in [-0.2, 0) is 4.79 Å². The number of fused-ring (bicyclic) bond motifs is 1. The van der Waals surface area contributed by atoms with Gasteiger partial charge in [-0.2, -0.15) is 0 Å². The Labute approximate surface area is 76.9 Å². The van der Waals surface area contributed by atoms with Crippen LogP contribution < -0.4 is 0 Å². The number of rotatable bonds is 2. The van der Waals surface area contributed by atoms with Crippen molar-refractivity contribution in [3.63, 3.8) is 0 Å². The van der Waals surface area contributed by atoms with Gasteiger partial charge in [-0.15, -0.1) is 11.8 Å². The van der Waals surface area contributed by atoms with Gasteiger partial charge in [0.15, 0.2) is 5.78 Å². The lowest BCUT2D eigenvalue weighted by molar-refractivity contribution is -0.113. The molecule has 0 radical (unpaired) electrons. The van der Waals surface area contributed by atoms with Gasteiger partial charge in [-0.1, -0.05) is 12.2 Å². The molecule has 1 saturated carbocycles. The molecule has 2 heteroatoms. The zero-order valence-electron chi connectivity index (χ0n) is 7.33. The monoisotopic (exact) mass is 180 g/mol. The molecule has 2 atom stereocenters. The van der Waals surface area contributed by atoms with Gasteiger partial charge in [-0.3, -0.25) is 4.79 Å². The summed E-state index contributed by atoms with van der Waals surface area (Å²) in [4.78, 5) is 12.4. The summed E-state index contributed by atoms with van der Waals surface area (Å²) in [6.45, 7) is 1.65. The molecule has 0 saturated heterocycles. The van der Waals surface area contributed by atoms with E-state index in [4.69, 9.17) is 0 Å². The molecule has 0 amide bonds. The molecular formula is C10H12OS. The molecule has 0 aromatic rings. The van der Waals surface area contributed by atoms with E-state index in [0.29, 0.717) is 5.92 Å². The standard InChI is InChI=1S/C10H12OS/c1-6(11)9-4-7-3-8(7)5-10(9)12-2/h4-5,7-8H,3H2,1-2H3. The Hall–Kier alpha value is -0.500. The minimum absolute atomic E-state index is 0.209. The Morgan fingerprint density at radius 1 is 1.50 bits per heavy atom. The fourth-order valence-corrected chi connectivity index (χ4v) is 2.41. The molecule has 2 aliphatic rings. The number of hydrogen-bond donors (Lipinski definition) is 0. The molecule has 0 aliphatic heterocycles. The number of carbonyl (C=O) groups excluding carboxylic acids is 1. The van der Waals surface area contributed by atoms with Gasteiger partial charge in [0.25, 0.3) is 0 Å². The molecule has 0 aromatic carbocycles. The van der Waals surface area contributed by atoms with Gasteiger partial charge in [-0.05, 0) is 31.4 Å². The van der Waals surface area contributed by atoms with Gasteiger partial charge in [0, 0.05) is 10.5 Å². The SMILES string of the molecule is CSC1=CC2CC2C=C1C(C)=O. The van der Waals surface area contributed by atoms with E-state index in [9.17, 15) is 4.79 Å². The Bertz CT molecular complexity index is 288. The van der Waals surface area contributed by atoms with Crippen molar-refractivity contribution < 1.29 is 4.79 Å². The normalized spacial score (nSPS) is 31.8.